The van der Waals surface area contributed by atoms with Crippen LogP contribution >= 0.6 is 11.3 Å². The van der Waals surface area contributed by atoms with Crippen molar-refractivity contribution in [3.63, 3.8) is 0 Å². The molecule has 0 spiro atoms. The van der Waals surface area contributed by atoms with Crippen LogP contribution in [0.1, 0.15) is 11.3 Å². The first-order chi connectivity index (χ1) is 11.1. The molecule has 0 saturated carbocycles. The van der Waals surface area contributed by atoms with Gasteiger partial charge in [0.2, 0.25) is 0 Å². The number of hydrogen-bond donors (Lipinski definition) is 1. The van der Waals surface area contributed by atoms with Crippen LogP contribution in [0.15, 0.2) is 35.3 Å². The summed E-state index contributed by atoms with van der Waals surface area (Å²) in [6.07, 6.45) is 5.44. The third-order valence-electron chi connectivity index (χ3n) is 3.47. The van der Waals surface area contributed by atoms with E-state index in [2.05, 4.69) is 40.5 Å². The number of likely N-dealkylation sites (N-methyl/N-ethyl adjacent to an activating group) is 1. The minimum atomic E-state index is 0.709. The van der Waals surface area contributed by atoms with Crippen molar-refractivity contribution in [2.75, 3.05) is 26.0 Å². The number of thiazole rings is 1. The second kappa shape index (κ2) is 6.97. The average Bonchev–Trinajstić information content (AvgIpc) is 3.24. The highest BCUT2D eigenvalue weighted by Gasteiger charge is 2.12. The summed E-state index contributed by atoms with van der Waals surface area (Å²) in [5.74, 6) is 0. The van der Waals surface area contributed by atoms with Gasteiger partial charge in [-0.15, -0.1) is 0 Å². The molecule has 0 aromatic carbocycles. The summed E-state index contributed by atoms with van der Waals surface area (Å²) in [6, 6.07) is 4.00. The fraction of sp³-hybridized carbons (Fsp3) is 0.375. The Morgan fingerprint density at radius 3 is 2.96 bits per heavy atom. The van der Waals surface area contributed by atoms with Crippen molar-refractivity contribution in [2.24, 2.45) is 0 Å². The highest BCUT2D eigenvalue weighted by molar-refractivity contribution is 7.19. The van der Waals surface area contributed by atoms with Crippen LogP contribution in [-0.4, -0.2) is 40.3 Å². The highest BCUT2D eigenvalue weighted by Crippen LogP contribution is 2.31. The average molecular weight is 331 g/mol. The Kier molecular flexibility index (Phi) is 4.78. The Balaban J connectivity index is 1.68. The number of aromatic nitrogens is 3. The number of anilines is 1. The second-order valence-electron chi connectivity index (χ2n) is 5.69. The highest BCUT2D eigenvalue weighted by atomic mass is 32.1. The van der Waals surface area contributed by atoms with Crippen LogP contribution in [0.25, 0.3) is 10.6 Å². The summed E-state index contributed by atoms with van der Waals surface area (Å²) in [5, 5.41) is 8.89. The maximum absolute atomic E-state index is 5.07. The molecule has 3 aromatic heterocycles. The molecule has 0 atom stereocenters. The quantitative estimate of drug-likeness (QED) is 0.721. The number of nitrogens with zero attached hydrogens (tertiary/aromatic N) is 4. The molecular formula is C16H21N5OS. The molecule has 3 heterocycles. The van der Waals surface area contributed by atoms with Crippen molar-refractivity contribution in [2.45, 2.75) is 20.0 Å². The van der Waals surface area contributed by atoms with Crippen LogP contribution in [0.2, 0.25) is 0 Å². The third kappa shape index (κ3) is 4.00. The van der Waals surface area contributed by atoms with Crippen molar-refractivity contribution >= 4 is 16.5 Å². The van der Waals surface area contributed by atoms with Crippen molar-refractivity contribution in [1.29, 1.82) is 0 Å². The topological polar surface area (TPSA) is 59.1 Å². The number of nitrogens with one attached hydrogen (secondary N) is 1. The van der Waals surface area contributed by atoms with E-state index < -0.39 is 0 Å². The van der Waals surface area contributed by atoms with Gasteiger partial charge in [0.15, 0.2) is 5.13 Å². The summed E-state index contributed by atoms with van der Waals surface area (Å²) < 4.78 is 7.05. The minimum Gasteiger partial charge on any atom is -0.472 e. The van der Waals surface area contributed by atoms with Crippen LogP contribution in [0.4, 0.5) is 5.13 Å². The van der Waals surface area contributed by atoms with Crippen LogP contribution in [-0.2, 0) is 13.1 Å². The summed E-state index contributed by atoms with van der Waals surface area (Å²) in [7, 11) is 4.13. The van der Waals surface area contributed by atoms with E-state index in [9.17, 15) is 0 Å². The van der Waals surface area contributed by atoms with Gasteiger partial charge in [-0.1, -0.05) is 11.3 Å². The molecule has 7 heteroatoms. The molecule has 0 radical (unpaired) electrons. The Bertz CT molecular complexity index is 744. The molecule has 0 amide bonds. The summed E-state index contributed by atoms with van der Waals surface area (Å²) >= 11 is 1.63. The molecular weight excluding hydrogens is 310 g/mol. The minimum absolute atomic E-state index is 0.709. The zero-order valence-electron chi connectivity index (χ0n) is 13.6. The molecule has 0 fully saturated rings. The maximum Gasteiger partial charge on any atom is 0.183 e. The number of furan rings is 1. The van der Waals surface area contributed by atoms with Crippen LogP contribution < -0.4 is 5.32 Å². The molecule has 0 aliphatic heterocycles. The van der Waals surface area contributed by atoms with Crippen molar-refractivity contribution in [1.82, 2.24) is 19.7 Å². The lowest BCUT2D eigenvalue weighted by molar-refractivity contribution is 0.373. The first-order valence-corrected chi connectivity index (χ1v) is 8.34. The smallest absolute Gasteiger partial charge is 0.183 e. The molecule has 0 unspecified atom stereocenters. The summed E-state index contributed by atoms with van der Waals surface area (Å²) in [4.78, 5) is 7.85. The van der Waals surface area contributed by atoms with E-state index in [0.717, 1.165) is 40.0 Å². The fourth-order valence-corrected chi connectivity index (χ4v) is 3.12. The van der Waals surface area contributed by atoms with Gasteiger partial charge in [-0.2, -0.15) is 5.10 Å². The van der Waals surface area contributed by atoms with Gasteiger partial charge in [0.25, 0.3) is 0 Å². The van der Waals surface area contributed by atoms with Gasteiger partial charge in [-0.25, -0.2) is 4.98 Å². The lowest BCUT2D eigenvalue weighted by Gasteiger charge is -2.08. The number of rotatable bonds is 7. The largest absolute Gasteiger partial charge is 0.472 e. The molecule has 0 aliphatic rings. The Morgan fingerprint density at radius 1 is 1.35 bits per heavy atom. The normalized spacial score (nSPS) is 11.3. The lowest BCUT2D eigenvalue weighted by Crippen LogP contribution is -2.18. The van der Waals surface area contributed by atoms with E-state index in [0.29, 0.717) is 6.54 Å². The van der Waals surface area contributed by atoms with Crippen LogP contribution in [0, 0.1) is 6.92 Å². The predicted molar refractivity (Wildman–Crippen MR) is 92.7 cm³/mol. The Hall–Kier alpha value is -2.12. The first kappa shape index (κ1) is 15.8. The molecule has 3 rings (SSSR count). The first-order valence-electron chi connectivity index (χ1n) is 7.53. The fourth-order valence-electron chi connectivity index (χ4n) is 2.19. The molecule has 0 aliphatic carbocycles. The summed E-state index contributed by atoms with van der Waals surface area (Å²) in [6.45, 7) is 4.59. The van der Waals surface area contributed by atoms with Crippen molar-refractivity contribution in [3.8, 4) is 10.6 Å². The Labute approximate surface area is 139 Å². The predicted octanol–water partition coefficient (Wildman–Crippen LogP) is 3.08. The number of aryl methyl sites for hydroxylation is 1. The van der Waals surface area contributed by atoms with Crippen molar-refractivity contribution < 1.29 is 4.42 Å². The molecule has 0 saturated heterocycles. The molecule has 23 heavy (non-hydrogen) atoms. The van der Waals surface area contributed by atoms with Gasteiger partial charge in [-0.3, -0.25) is 4.68 Å². The SMILES string of the molecule is Cc1nc(NCc2ccoc2)sc1-c1ccn(CCN(C)C)n1. The molecule has 6 nitrogen and oxygen atoms in total. The van der Waals surface area contributed by atoms with E-state index in [1.54, 1.807) is 23.9 Å². The van der Waals surface area contributed by atoms with Gasteiger partial charge in [0, 0.05) is 24.8 Å². The summed E-state index contributed by atoms with van der Waals surface area (Å²) in [5.41, 5.74) is 3.09. The monoisotopic (exact) mass is 331 g/mol. The van der Waals surface area contributed by atoms with E-state index in [-0.39, 0.29) is 0 Å². The van der Waals surface area contributed by atoms with Gasteiger partial charge in [0.1, 0.15) is 5.69 Å². The lowest BCUT2D eigenvalue weighted by atomic mass is 10.3. The second-order valence-corrected chi connectivity index (χ2v) is 6.69. The third-order valence-corrected chi connectivity index (χ3v) is 4.61. The zero-order chi connectivity index (χ0) is 16.2. The van der Waals surface area contributed by atoms with Gasteiger partial charge in [-0.05, 0) is 33.2 Å². The van der Waals surface area contributed by atoms with E-state index >= 15 is 0 Å². The standard InChI is InChI=1S/C16H21N5OS/c1-12-15(14-4-6-21(19-14)8-7-20(2)3)23-16(18-12)17-10-13-5-9-22-11-13/h4-6,9,11H,7-8,10H2,1-3H3,(H,17,18). The molecule has 0 bridgehead atoms. The molecule has 122 valence electrons. The van der Waals surface area contributed by atoms with E-state index in [4.69, 9.17) is 4.42 Å². The van der Waals surface area contributed by atoms with Gasteiger partial charge < -0.3 is 14.6 Å². The van der Waals surface area contributed by atoms with Crippen molar-refractivity contribution in [3.05, 3.63) is 42.1 Å². The molecule has 1 N–H and O–H groups in total. The van der Waals surface area contributed by atoms with Crippen LogP contribution in [0.5, 0.6) is 0 Å². The van der Waals surface area contributed by atoms with Gasteiger partial charge in [0.05, 0.1) is 29.6 Å². The van der Waals surface area contributed by atoms with Gasteiger partial charge >= 0.3 is 0 Å². The molecule has 3 aromatic rings. The van der Waals surface area contributed by atoms with E-state index in [1.807, 2.05) is 23.9 Å². The number of hydrogen-bond acceptors (Lipinski definition) is 6. The van der Waals surface area contributed by atoms with Crippen LogP contribution in [0.3, 0.4) is 0 Å². The van der Waals surface area contributed by atoms with E-state index in [1.165, 1.54) is 0 Å². The zero-order valence-corrected chi connectivity index (χ0v) is 14.4. The maximum atomic E-state index is 5.07. The Morgan fingerprint density at radius 2 is 2.22 bits per heavy atom.